The molecule has 0 radical (unpaired) electrons. The number of nitrogens with one attached hydrogen (secondary N) is 1. The van der Waals surface area contributed by atoms with E-state index in [1.165, 1.54) is 0 Å². The molecule has 2 aromatic rings. The Balaban J connectivity index is 2.31. The third-order valence-corrected chi connectivity index (χ3v) is 2.65. The van der Waals surface area contributed by atoms with Crippen molar-refractivity contribution < 1.29 is 4.74 Å². The van der Waals surface area contributed by atoms with Gasteiger partial charge in [0.15, 0.2) is 0 Å². The van der Waals surface area contributed by atoms with Gasteiger partial charge < -0.3 is 10.1 Å². The highest BCUT2D eigenvalue weighted by atomic mass is 16.5. The summed E-state index contributed by atoms with van der Waals surface area (Å²) in [6.07, 6.45) is 0. The van der Waals surface area contributed by atoms with Gasteiger partial charge in [0.1, 0.15) is 17.5 Å². The van der Waals surface area contributed by atoms with E-state index in [1.807, 2.05) is 38.1 Å². The van der Waals surface area contributed by atoms with Crippen LogP contribution in [-0.2, 0) is 0 Å². The van der Waals surface area contributed by atoms with Gasteiger partial charge >= 0.3 is 0 Å². The summed E-state index contributed by atoms with van der Waals surface area (Å²) in [5.74, 6) is 1.22. The van der Waals surface area contributed by atoms with Crippen molar-refractivity contribution in [1.82, 2.24) is 9.97 Å². The average molecular weight is 254 g/mol. The zero-order valence-electron chi connectivity index (χ0n) is 11.1. The Morgan fingerprint density at radius 1 is 1.21 bits per heavy atom. The third kappa shape index (κ3) is 2.99. The Bertz CT molecular complexity index is 646. The molecule has 1 aromatic heterocycles. The quantitative estimate of drug-likeness (QED) is 0.911. The van der Waals surface area contributed by atoms with Crippen molar-refractivity contribution in [2.24, 2.45) is 0 Å². The van der Waals surface area contributed by atoms with Crippen molar-refractivity contribution in [3.63, 3.8) is 0 Å². The highest BCUT2D eigenvalue weighted by Gasteiger charge is 2.05. The highest BCUT2D eigenvalue weighted by Crippen LogP contribution is 2.23. The van der Waals surface area contributed by atoms with Crippen LogP contribution in [0.15, 0.2) is 24.3 Å². The van der Waals surface area contributed by atoms with Crippen LogP contribution in [0.1, 0.15) is 17.0 Å². The summed E-state index contributed by atoms with van der Waals surface area (Å²) in [5, 5.41) is 12.0. The van der Waals surface area contributed by atoms with Gasteiger partial charge in [0, 0.05) is 11.4 Å². The van der Waals surface area contributed by atoms with E-state index in [2.05, 4.69) is 15.3 Å². The summed E-state index contributed by atoms with van der Waals surface area (Å²) in [6, 6.07) is 9.33. The Kier molecular flexibility index (Phi) is 3.62. The number of aryl methyl sites for hydroxylation is 2. The van der Waals surface area contributed by atoms with E-state index in [-0.39, 0.29) is 0 Å². The number of anilines is 2. The van der Waals surface area contributed by atoms with E-state index in [1.54, 1.807) is 13.2 Å². The Labute approximate surface area is 111 Å². The molecule has 0 spiro atoms. The largest absolute Gasteiger partial charge is 0.497 e. The fraction of sp³-hybridized carbons (Fsp3) is 0.214. The first-order valence-electron chi connectivity index (χ1n) is 5.80. The predicted octanol–water partition coefficient (Wildman–Crippen LogP) is 2.72. The molecule has 0 aliphatic rings. The van der Waals surface area contributed by atoms with E-state index in [9.17, 15) is 0 Å². The minimum absolute atomic E-state index is 0.348. The Morgan fingerprint density at radius 3 is 2.63 bits per heavy atom. The molecule has 96 valence electrons. The van der Waals surface area contributed by atoms with Gasteiger partial charge in [-0.25, -0.2) is 9.97 Å². The van der Waals surface area contributed by atoms with Gasteiger partial charge in [-0.15, -0.1) is 0 Å². The number of rotatable bonds is 3. The maximum absolute atomic E-state index is 8.89. The van der Waals surface area contributed by atoms with E-state index in [0.29, 0.717) is 11.6 Å². The number of hydrogen-bond acceptors (Lipinski definition) is 5. The van der Waals surface area contributed by atoms with Gasteiger partial charge in [0.2, 0.25) is 5.95 Å². The number of aromatic nitrogens is 2. The van der Waals surface area contributed by atoms with Crippen LogP contribution in [0.4, 0.5) is 11.6 Å². The number of benzene rings is 1. The summed E-state index contributed by atoms with van der Waals surface area (Å²) in [6.45, 7) is 3.79. The molecule has 5 heteroatoms. The molecular formula is C14H14N4O. The van der Waals surface area contributed by atoms with Crippen LogP contribution >= 0.6 is 0 Å². The standard InChI is InChI=1S/C14H14N4O/c1-9-6-12(19-3)4-5-13(9)18-14-16-10(2)7-11(8-15)17-14/h4-7H,1-3H3,(H,16,17,18). The van der Waals surface area contributed by atoms with Crippen molar-refractivity contribution in [2.45, 2.75) is 13.8 Å². The minimum Gasteiger partial charge on any atom is -0.497 e. The fourth-order valence-electron chi connectivity index (χ4n) is 1.71. The molecule has 19 heavy (non-hydrogen) atoms. The maximum Gasteiger partial charge on any atom is 0.228 e. The van der Waals surface area contributed by atoms with Crippen LogP contribution < -0.4 is 10.1 Å². The second-order valence-corrected chi connectivity index (χ2v) is 4.14. The molecule has 1 N–H and O–H groups in total. The molecule has 0 saturated carbocycles. The lowest BCUT2D eigenvalue weighted by atomic mass is 10.2. The lowest BCUT2D eigenvalue weighted by Gasteiger charge is -2.10. The van der Waals surface area contributed by atoms with Crippen LogP contribution in [0.5, 0.6) is 5.75 Å². The van der Waals surface area contributed by atoms with Gasteiger partial charge in [-0.3, -0.25) is 0 Å². The summed E-state index contributed by atoms with van der Waals surface area (Å²) in [7, 11) is 1.63. The smallest absolute Gasteiger partial charge is 0.228 e. The van der Waals surface area contributed by atoms with E-state index in [0.717, 1.165) is 22.7 Å². The summed E-state index contributed by atoms with van der Waals surface area (Å²) in [4.78, 5) is 8.37. The number of methoxy groups -OCH3 is 1. The van der Waals surface area contributed by atoms with Crippen molar-refractivity contribution >= 4 is 11.6 Å². The third-order valence-electron chi connectivity index (χ3n) is 2.65. The van der Waals surface area contributed by atoms with Crippen molar-refractivity contribution in [2.75, 3.05) is 12.4 Å². The molecule has 0 aliphatic carbocycles. The maximum atomic E-state index is 8.89. The lowest BCUT2D eigenvalue weighted by molar-refractivity contribution is 0.414. The van der Waals surface area contributed by atoms with Gasteiger partial charge in [-0.1, -0.05) is 0 Å². The van der Waals surface area contributed by atoms with Gasteiger partial charge in [-0.05, 0) is 43.7 Å². The van der Waals surface area contributed by atoms with Crippen LogP contribution in [0.25, 0.3) is 0 Å². The minimum atomic E-state index is 0.348. The predicted molar refractivity (Wildman–Crippen MR) is 72.5 cm³/mol. The fourth-order valence-corrected chi connectivity index (χ4v) is 1.71. The van der Waals surface area contributed by atoms with E-state index in [4.69, 9.17) is 10.00 Å². The molecule has 5 nitrogen and oxygen atoms in total. The first-order chi connectivity index (χ1) is 9.12. The molecule has 0 unspecified atom stereocenters. The summed E-state index contributed by atoms with van der Waals surface area (Å²) < 4.78 is 5.15. The zero-order valence-corrected chi connectivity index (χ0v) is 11.1. The molecule has 0 amide bonds. The first kappa shape index (κ1) is 12.8. The Morgan fingerprint density at radius 2 is 2.00 bits per heavy atom. The lowest BCUT2D eigenvalue weighted by Crippen LogP contribution is -2.01. The number of hydrogen-bond donors (Lipinski definition) is 1. The van der Waals surface area contributed by atoms with Crippen LogP contribution in [0.3, 0.4) is 0 Å². The number of ether oxygens (including phenoxy) is 1. The number of nitrogens with zero attached hydrogens (tertiary/aromatic N) is 3. The second kappa shape index (κ2) is 5.36. The van der Waals surface area contributed by atoms with E-state index >= 15 is 0 Å². The van der Waals surface area contributed by atoms with Crippen LogP contribution in [0.2, 0.25) is 0 Å². The molecule has 0 saturated heterocycles. The van der Waals surface area contributed by atoms with Crippen LogP contribution in [-0.4, -0.2) is 17.1 Å². The van der Waals surface area contributed by atoms with Crippen molar-refractivity contribution in [3.8, 4) is 11.8 Å². The average Bonchev–Trinajstić information content (AvgIpc) is 2.40. The zero-order chi connectivity index (χ0) is 13.8. The van der Waals surface area contributed by atoms with Crippen molar-refractivity contribution in [1.29, 1.82) is 5.26 Å². The normalized spacial score (nSPS) is 9.79. The molecule has 0 aliphatic heterocycles. The SMILES string of the molecule is COc1ccc(Nc2nc(C)cc(C#N)n2)c(C)c1. The van der Waals surface area contributed by atoms with Gasteiger partial charge in [0.05, 0.1) is 7.11 Å². The Hall–Kier alpha value is -2.61. The summed E-state index contributed by atoms with van der Waals surface area (Å²) in [5.41, 5.74) is 3.00. The van der Waals surface area contributed by atoms with Crippen molar-refractivity contribution in [3.05, 3.63) is 41.2 Å². The number of nitriles is 1. The molecule has 2 rings (SSSR count). The molecular weight excluding hydrogens is 240 g/mol. The topological polar surface area (TPSA) is 70.8 Å². The summed E-state index contributed by atoms with van der Waals surface area (Å²) >= 11 is 0. The van der Waals surface area contributed by atoms with Gasteiger partial charge in [0.25, 0.3) is 0 Å². The monoisotopic (exact) mass is 254 g/mol. The second-order valence-electron chi connectivity index (χ2n) is 4.14. The first-order valence-corrected chi connectivity index (χ1v) is 5.80. The molecule has 1 heterocycles. The van der Waals surface area contributed by atoms with Gasteiger partial charge in [-0.2, -0.15) is 5.26 Å². The van der Waals surface area contributed by atoms with E-state index < -0.39 is 0 Å². The van der Waals surface area contributed by atoms with Crippen LogP contribution in [0, 0.1) is 25.2 Å². The highest BCUT2D eigenvalue weighted by molar-refractivity contribution is 5.60. The molecule has 0 atom stereocenters. The molecule has 0 fully saturated rings. The molecule has 1 aromatic carbocycles. The molecule has 0 bridgehead atoms.